The van der Waals surface area contributed by atoms with E-state index in [1.165, 1.54) is 0 Å². The van der Waals surface area contributed by atoms with Crippen LogP contribution in [0.1, 0.15) is 36.5 Å². The molecule has 1 aromatic rings. The van der Waals surface area contributed by atoms with Gasteiger partial charge in [0.15, 0.2) is 17.8 Å². The van der Waals surface area contributed by atoms with Gasteiger partial charge in [0.25, 0.3) is 0 Å². The molecule has 4 heteroatoms. The van der Waals surface area contributed by atoms with E-state index in [0.717, 1.165) is 23.7 Å². The van der Waals surface area contributed by atoms with Crippen molar-refractivity contribution in [2.75, 3.05) is 6.61 Å². The van der Waals surface area contributed by atoms with Gasteiger partial charge in [0.1, 0.15) is 0 Å². The van der Waals surface area contributed by atoms with Gasteiger partial charge in [-0.3, -0.25) is 4.79 Å². The second kappa shape index (κ2) is 6.53. The molecule has 0 aliphatic rings. The highest BCUT2D eigenvalue weighted by Gasteiger charge is 2.09. The fraction of sp³-hybridized carbons (Fsp3) is 0.417. The van der Waals surface area contributed by atoms with Crippen molar-refractivity contribution in [2.45, 2.75) is 26.2 Å². The van der Waals surface area contributed by atoms with Crippen molar-refractivity contribution < 1.29 is 14.6 Å². The largest absolute Gasteiger partial charge is 0.504 e. The molecule has 1 aromatic carbocycles. The molecule has 0 fully saturated rings. The summed E-state index contributed by atoms with van der Waals surface area (Å²) in [7, 11) is 0. The number of aldehydes is 1. The standard InChI is InChI=1S/C12H15BrO3/c1-2-3-4-5-16-11-7-10(13)6-9(8-14)12(11)15/h6-8,15H,2-5H2,1H3. The van der Waals surface area contributed by atoms with Crippen LogP contribution >= 0.6 is 15.9 Å². The lowest BCUT2D eigenvalue weighted by atomic mass is 10.2. The van der Waals surface area contributed by atoms with E-state index in [1.807, 2.05) is 0 Å². The van der Waals surface area contributed by atoms with Crippen LogP contribution in [0.25, 0.3) is 0 Å². The van der Waals surface area contributed by atoms with Gasteiger partial charge < -0.3 is 9.84 Å². The van der Waals surface area contributed by atoms with E-state index in [9.17, 15) is 9.90 Å². The molecule has 0 aromatic heterocycles. The highest BCUT2D eigenvalue weighted by molar-refractivity contribution is 9.10. The van der Waals surface area contributed by atoms with E-state index >= 15 is 0 Å². The van der Waals surface area contributed by atoms with Crippen LogP contribution in [0.2, 0.25) is 0 Å². The normalized spacial score (nSPS) is 10.1. The van der Waals surface area contributed by atoms with Crippen molar-refractivity contribution in [3.63, 3.8) is 0 Å². The Balaban J connectivity index is 2.71. The quantitative estimate of drug-likeness (QED) is 0.643. The molecule has 0 spiro atoms. The van der Waals surface area contributed by atoms with Gasteiger partial charge in [0.2, 0.25) is 0 Å². The lowest BCUT2D eigenvalue weighted by molar-refractivity contribution is 0.112. The molecule has 0 unspecified atom stereocenters. The van der Waals surface area contributed by atoms with Crippen molar-refractivity contribution in [1.29, 1.82) is 0 Å². The summed E-state index contributed by atoms with van der Waals surface area (Å²) in [5.41, 5.74) is 0.236. The maximum absolute atomic E-state index is 10.7. The Labute approximate surface area is 104 Å². The van der Waals surface area contributed by atoms with E-state index in [4.69, 9.17) is 4.74 Å². The molecule has 88 valence electrons. The Morgan fingerprint density at radius 2 is 2.19 bits per heavy atom. The summed E-state index contributed by atoms with van der Waals surface area (Å²) in [6.07, 6.45) is 3.76. The van der Waals surface area contributed by atoms with Crippen LogP contribution in [-0.2, 0) is 0 Å². The fourth-order valence-corrected chi connectivity index (χ4v) is 1.78. The van der Waals surface area contributed by atoms with Crippen LogP contribution in [0.15, 0.2) is 16.6 Å². The van der Waals surface area contributed by atoms with Crippen LogP contribution < -0.4 is 4.74 Å². The first kappa shape index (κ1) is 13.0. The highest BCUT2D eigenvalue weighted by atomic mass is 79.9. The van der Waals surface area contributed by atoms with Crippen LogP contribution in [0, 0.1) is 0 Å². The maximum Gasteiger partial charge on any atom is 0.168 e. The minimum atomic E-state index is -0.0882. The highest BCUT2D eigenvalue weighted by Crippen LogP contribution is 2.32. The first-order chi connectivity index (χ1) is 7.69. The van der Waals surface area contributed by atoms with Gasteiger partial charge in [0.05, 0.1) is 12.2 Å². The predicted molar refractivity (Wildman–Crippen MR) is 66.2 cm³/mol. The molecular weight excluding hydrogens is 272 g/mol. The van der Waals surface area contributed by atoms with Gasteiger partial charge in [-0.05, 0) is 18.6 Å². The summed E-state index contributed by atoms with van der Waals surface area (Å²) in [6, 6.07) is 3.22. The molecule has 1 N–H and O–H groups in total. The molecular formula is C12H15BrO3. The van der Waals surface area contributed by atoms with E-state index < -0.39 is 0 Å². The van der Waals surface area contributed by atoms with E-state index in [2.05, 4.69) is 22.9 Å². The number of ether oxygens (including phenoxy) is 1. The van der Waals surface area contributed by atoms with Gasteiger partial charge in [-0.15, -0.1) is 0 Å². The van der Waals surface area contributed by atoms with Gasteiger partial charge in [-0.25, -0.2) is 0 Å². The smallest absolute Gasteiger partial charge is 0.168 e. The summed E-state index contributed by atoms with van der Waals surface area (Å²) < 4.78 is 6.14. The van der Waals surface area contributed by atoms with Crippen molar-refractivity contribution >= 4 is 22.2 Å². The van der Waals surface area contributed by atoms with E-state index in [0.29, 0.717) is 18.6 Å². The molecule has 0 bridgehead atoms. The third-order valence-corrected chi connectivity index (χ3v) is 2.66. The molecule has 1 rings (SSSR count). The molecule has 0 heterocycles. The van der Waals surface area contributed by atoms with Gasteiger partial charge in [0, 0.05) is 4.47 Å². The molecule has 0 saturated carbocycles. The molecule has 0 aliphatic heterocycles. The van der Waals surface area contributed by atoms with Gasteiger partial charge >= 0.3 is 0 Å². The molecule has 0 aliphatic carbocycles. The minimum absolute atomic E-state index is 0.0882. The Hall–Kier alpha value is -1.03. The number of halogens is 1. The van der Waals surface area contributed by atoms with E-state index in [-0.39, 0.29) is 11.3 Å². The number of rotatable bonds is 6. The number of carbonyl (C=O) groups is 1. The zero-order valence-corrected chi connectivity index (χ0v) is 10.8. The van der Waals surface area contributed by atoms with Crippen molar-refractivity contribution in [2.24, 2.45) is 0 Å². The first-order valence-electron chi connectivity index (χ1n) is 5.29. The maximum atomic E-state index is 10.7. The second-order valence-corrected chi connectivity index (χ2v) is 4.43. The minimum Gasteiger partial charge on any atom is -0.504 e. The number of hydrogen-bond acceptors (Lipinski definition) is 3. The Morgan fingerprint density at radius 3 is 2.81 bits per heavy atom. The zero-order chi connectivity index (χ0) is 12.0. The van der Waals surface area contributed by atoms with Crippen molar-refractivity contribution in [3.8, 4) is 11.5 Å². The monoisotopic (exact) mass is 286 g/mol. The Kier molecular flexibility index (Phi) is 5.32. The summed E-state index contributed by atoms with van der Waals surface area (Å²) in [5, 5.41) is 9.69. The first-order valence-corrected chi connectivity index (χ1v) is 6.08. The van der Waals surface area contributed by atoms with Crippen LogP contribution in [-0.4, -0.2) is 18.0 Å². The van der Waals surface area contributed by atoms with Crippen LogP contribution in [0.4, 0.5) is 0 Å². The van der Waals surface area contributed by atoms with Gasteiger partial charge in [-0.1, -0.05) is 35.7 Å². The molecule has 0 amide bonds. The van der Waals surface area contributed by atoms with Crippen molar-refractivity contribution in [3.05, 3.63) is 22.2 Å². The average Bonchev–Trinajstić information content (AvgIpc) is 2.28. The Bertz CT molecular complexity index is 364. The molecule has 0 radical (unpaired) electrons. The summed E-state index contributed by atoms with van der Waals surface area (Å²) in [6.45, 7) is 2.66. The number of phenols is 1. The van der Waals surface area contributed by atoms with Crippen molar-refractivity contribution in [1.82, 2.24) is 0 Å². The molecule has 0 atom stereocenters. The second-order valence-electron chi connectivity index (χ2n) is 3.52. The summed E-state index contributed by atoms with van der Waals surface area (Å²) in [5.74, 6) is 0.266. The summed E-state index contributed by atoms with van der Waals surface area (Å²) in [4.78, 5) is 10.7. The van der Waals surface area contributed by atoms with Crippen LogP contribution in [0.3, 0.4) is 0 Å². The lowest BCUT2D eigenvalue weighted by Crippen LogP contribution is -1.98. The number of aromatic hydroxyl groups is 1. The number of phenolic OH excluding ortho intramolecular Hbond substituents is 1. The number of benzene rings is 1. The third kappa shape index (κ3) is 3.52. The predicted octanol–water partition coefficient (Wildman–Crippen LogP) is 3.54. The summed E-state index contributed by atoms with van der Waals surface area (Å²) >= 11 is 3.26. The number of carbonyl (C=O) groups excluding carboxylic acids is 1. The number of unbranched alkanes of at least 4 members (excludes halogenated alkanes) is 2. The molecule has 0 saturated heterocycles. The SMILES string of the molecule is CCCCCOc1cc(Br)cc(C=O)c1O. The average molecular weight is 287 g/mol. The third-order valence-electron chi connectivity index (χ3n) is 2.20. The number of hydrogen-bond donors (Lipinski definition) is 1. The zero-order valence-electron chi connectivity index (χ0n) is 9.20. The Morgan fingerprint density at radius 1 is 1.44 bits per heavy atom. The van der Waals surface area contributed by atoms with E-state index in [1.54, 1.807) is 12.1 Å². The fourth-order valence-electron chi connectivity index (χ4n) is 1.33. The lowest BCUT2D eigenvalue weighted by Gasteiger charge is -2.09. The molecule has 3 nitrogen and oxygen atoms in total. The van der Waals surface area contributed by atoms with Gasteiger partial charge in [-0.2, -0.15) is 0 Å². The van der Waals surface area contributed by atoms with Crippen LogP contribution in [0.5, 0.6) is 11.5 Å². The molecule has 16 heavy (non-hydrogen) atoms. The topological polar surface area (TPSA) is 46.5 Å².